The number of aliphatic imine (C=N–C) groups is 1. The first-order chi connectivity index (χ1) is 14.3. The molecular weight excluding hydrogens is 368 g/mol. The van der Waals surface area contributed by atoms with Gasteiger partial charge in [0.2, 0.25) is 0 Å². The lowest BCUT2D eigenvalue weighted by atomic mass is 10.1. The first-order valence-corrected chi connectivity index (χ1v) is 10.7. The molecule has 2 aromatic rings. The Kier molecular flexibility index (Phi) is 6.84. The van der Waals surface area contributed by atoms with Crippen LogP contribution in [0.15, 0.2) is 44.7 Å². The van der Waals surface area contributed by atoms with Gasteiger partial charge in [-0.25, -0.2) is 0 Å². The van der Waals surface area contributed by atoms with Gasteiger partial charge in [-0.3, -0.25) is 14.8 Å². The summed E-state index contributed by atoms with van der Waals surface area (Å²) in [6.07, 6.45) is 7.26. The van der Waals surface area contributed by atoms with Crippen molar-refractivity contribution in [3.63, 3.8) is 0 Å². The van der Waals surface area contributed by atoms with Crippen LogP contribution in [0.5, 0.6) is 0 Å². The molecule has 158 valence electrons. The lowest BCUT2D eigenvalue weighted by Crippen LogP contribution is -2.53. The normalized spacial score (nSPS) is 20.7. The van der Waals surface area contributed by atoms with Gasteiger partial charge in [0.15, 0.2) is 5.96 Å². The average Bonchev–Trinajstić information content (AvgIpc) is 3.47. The van der Waals surface area contributed by atoms with Crippen LogP contribution in [0.4, 0.5) is 0 Å². The van der Waals surface area contributed by atoms with Crippen molar-refractivity contribution >= 4 is 5.96 Å². The first kappa shape index (κ1) is 20.0. The van der Waals surface area contributed by atoms with Crippen molar-refractivity contribution in [2.24, 2.45) is 4.99 Å². The zero-order valence-electron chi connectivity index (χ0n) is 17.3. The maximum absolute atomic E-state index is 5.77. The van der Waals surface area contributed by atoms with Crippen molar-refractivity contribution in [3.05, 3.63) is 42.2 Å². The number of piperidine rings is 1. The molecule has 2 aromatic heterocycles. The molecule has 2 fully saturated rings. The lowest BCUT2D eigenvalue weighted by Gasteiger charge is -2.37. The summed E-state index contributed by atoms with van der Waals surface area (Å²) in [7, 11) is 1.87. The van der Waals surface area contributed by atoms with E-state index in [9.17, 15) is 0 Å². The Labute approximate surface area is 172 Å². The molecule has 2 saturated heterocycles. The molecule has 0 bridgehead atoms. The third kappa shape index (κ3) is 5.19. The van der Waals surface area contributed by atoms with Crippen LogP contribution in [-0.2, 0) is 6.54 Å². The molecule has 0 aliphatic carbocycles. The summed E-state index contributed by atoms with van der Waals surface area (Å²) < 4.78 is 10.7. The highest BCUT2D eigenvalue weighted by Crippen LogP contribution is 2.24. The Balaban J connectivity index is 1.31. The van der Waals surface area contributed by atoms with Crippen LogP contribution < -0.4 is 5.32 Å². The Morgan fingerprint density at radius 2 is 1.93 bits per heavy atom. The van der Waals surface area contributed by atoms with Crippen molar-refractivity contribution in [2.75, 3.05) is 52.9 Å². The second-order valence-corrected chi connectivity index (χ2v) is 7.81. The van der Waals surface area contributed by atoms with Gasteiger partial charge in [-0.05, 0) is 38.1 Å². The van der Waals surface area contributed by atoms with Crippen molar-refractivity contribution in [3.8, 4) is 0 Å². The smallest absolute Gasteiger partial charge is 0.193 e. The van der Waals surface area contributed by atoms with Gasteiger partial charge in [0, 0.05) is 52.4 Å². The summed E-state index contributed by atoms with van der Waals surface area (Å²) in [4.78, 5) is 11.8. The van der Waals surface area contributed by atoms with Crippen molar-refractivity contribution in [2.45, 2.75) is 31.8 Å². The van der Waals surface area contributed by atoms with E-state index in [1.807, 2.05) is 19.2 Å². The summed E-state index contributed by atoms with van der Waals surface area (Å²) in [5.41, 5.74) is 0.990. The summed E-state index contributed by atoms with van der Waals surface area (Å²) in [6, 6.07) is 6.25. The predicted octanol–water partition coefficient (Wildman–Crippen LogP) is 2.19. The number of aromatic nitrogens is 1. The molecule has 1 N–H and O–H groups in total. The molecule has 0 saturated carbocycles. The number of hydrogen-bond acceptors (Lipinski definition) is 6. The Hall–Kier alpha value is -2.32. The number of nitrogens with one attached hydrogen (secondary N) is 1. The number of piperazine rings is 1. The van der Waals surface area contributed by atoms with Gasteiger partial charge in [-0.2, -0.15) is 0 Å². The monoisotopic (exact) mass is 400 g/mol. The van der Waals surface area contributed by atoms with Crippen LogP contribution in [-0.4, -0.2) is 78.7 Å². The van der Waals surface area contributed by atoms with Crippen LogP contribution in [0.2, 0.25) is 0 Å². The molecular formula is C21H32N6O2. The SMILES string of the molecule is CN=C(NCC(c1ccco1)N1CCCCC1)N1CCN(Cc2ccon2)CC1. The molecule has 0 aromatic carbocycles. The molecule has 1 unspecified atom stereocenters. The van der Waals surface area contributed by atoms with Crippen LogP contribution >= 0.6 is 0 Å². The number of nitrogens with zero attached hydrogens (tertiary/aromatic N) is 5. The molecule has 2 aliphatic rings. The fourth-order valence-electron chi connectivity index (χ4n) is 4.31. The molecule has 4 heterocycles. The van der Waals surface area contributed by atoms with Gasteiger partial charge >= 0.3 is 0 Å². The highest BCUT2D eigenvalue weighted by Gasteiger charge is 2.26. The van der Waals surface area contributed by atoms with Gasteiger partial charge in [0.25, 0.3) is 0 Å². The van der Waals surface area contributed by atoms with E-state index in [-0.39, 0.29) is 6.04 Å². The van der Waals surface area contributed by atoms with Gasteiger partial charge in [-0.1, -0.05) is 11.6 Å². The minimum atomic E-state index is 0.246. The molecule has 29 heavy (non-hydrogen) atoms. The second kappa shape index (κ2) is 9.93. The van der Waals surface area contributed by atoms with Gasteiger partial charge in [0.05, 0.1) is 18.0 Å². The van der Waals surface area contributed by atoms with E-state index in [0.29, 0.717) is 0 Å². The second-order valence-electron chi connectivity index (χ2n) is 7.81. The average molecular weight is 401 g/mol. The molecule has 8 heteroatoms. The Morgan fingerprint density at radius 3 is 2.59 bits per heavy atom. The standard InChI is InChI=1S/C21H32N6O2/c1-22-21(27-12-10-25(11-13-27)17-18-7-15-29-24-18)23-16-19(20-6-5-14-28-20)26-8-3-2-4-9-26/h5-7,14-15,19H,2-4,8-13,16-17H2,1H3,(H,22,23). The maximum Gasteiger partial charge on any atom is 0.193 e. The highest BCUT2D eigenvalue weighted by atomic mass is 16.5. The zero-order chi connectivity index (χ0) is 19.9. The molecule has 4 rings (SSSR count). The first-order valence-electron chi connectivity index (χ1n) is 10.7. The minimum Gasteiger partial charge on any atom is -0.468 e. The predicted molar refractivity (Wildman–Crippen MR) is 112 cm³/mol. The summed E-state index contributed by atoms with van der Waals surface area (Å²) >= 11 is 0. The van der Waals surface area contributed by atoms with Crippen molar-refractivity contribution in [1.82, 2.24) is 25.2 Å². The van der Waals surface area contributed by atoms with Crippen LogP contribution in [0.25, 0.3) is 0 Å². The summed E-state index contributed by atoms with van der Waals surface area (Å²) in [5.74, 6) is 2.01. The number of furan rings is 1. The van der Waals surface area contributed by atoms with Crippen LogP contribution in [0.1, 0.15) is 36.8 Å². The van der Waals surface area contributed by atoms with Gasteiger partial charge < -0.3 is 19.2 Å². The molecule has 0 spiro atoms. The molecule has 1 atom stereocenters. The maximum atomic E-state index is 5.77. The summed E-state index contributed by atoms with van der Waals surface area (Å²) in [6.45, 7) is 7.78. The topological polar surface area (TPSA) is 73.3 Å². The Bertz CT molecular complexity index is 731. The van der Waals surface area contributed by atoms with E-state index in [0.717, 1.165) is 69.8 Å². The van der Waals surface area contributed by atoms with E-state index >= 15 is 0 Å². The molecule has 0 radical (unpaired) electrons. The summed E-state index contributed by atoms with van der Waals surface area (Å²) in [5, 5.41) is 7.63. The fourth-order valence-corrected chi connectivity index (χ4v) is 4.31. The van der Waals surface area contributed by atoms with E-state index in [1.165, 1.54) is 19.3 Å². The van der Waals surface area contributed by atoms with E-state index in [1.54, 1.807) is 12.5 Å². The molecule has 0 amide bonds. The van der Waals surface area contributed by atoms with E-state index in [4.69, 9.17) is 8.94 Å². The number of guanidine groups is 1. The Morgan fingerprint density at radius 1 is 1.10 bits per heavy atom. The lowest BCUT2D eigenvalue weighted by molar-refractivity contribution is 0.143. The molecule has 2 aliphatic heterocycles. The zero-order valence-corrected chi connectivity index (χ0v) is 17.3. The van der Waals surface area contributed by atoms with Crippen LogP contribution in [0.3, 0.4) is 0 Å². The van der Waals surface area contributed by atoms with Crippen LogP contribution in [0, 0.1) is 0 Å². The quantitative estimate of drug-likeness (QED) is 0.589. The van der Waals surface area contributed by atoms with Gasteiger partial charge in [-0.15, -0.1) is 0 Å². The third-order valence-electron chi connectivity index (χ3n) is 5.92. The van der Waals surface area contributed by atoms with Gasteiger partial charge in [0.1, 0.15) is 12.0 Å². The van der Waals surface area contributed by atoms with E-state index < -0.39 is 0 Å². The van der Waals surface area contributed by atoms with Crippen molar-refractivity contribution in [1.29, 1.82) is 0 Å². The van der Waals surface area contributed by atoms with Crippen molar-refractivity contribution < 1.29 is 8.94 Å². The fraction of sp³-hybridized carbons (Fsp3) is 0.619. The minimum absolute atomic E-state index is 0.246. The van der Waals surface area contributed by atoms with E-state index in [2.05, 4.69) is 36.2 Å². The third-order valence-corrected chi connectivity index (χ3v) is 5.92. The molecule has 8 nitrogen and oxygen atoms in total. The highest BCUT2D eigenvalue weighted by molar-refractivity contribution is 5.80. The largest absolute Gasteiger partial charge is 0.468 e. The number of hydrogen-bond donors (Lipinski definition) is 1. The number of likely N-dealkylation sites (tertiary alicyclic amines) is 1. The number of rotatable bonds is 6.